The quantitative estimate of drug-likeness (QED) is 0.713. The molecule has 0 saturated heterocycles. The van der Waals surface area contributed by atoms with Gasteiger partial charge in [-0.2, -0.15) is 5.10 Å². The van der Waals surface area contributed by atoms with E-state index < -0.39 is 0 Å². The van der Waals surface area contributed by atoms with Gasteiger partial charge in [0.2, 0.25) is 0 Å². The number of aromatic nitrogens is 3. The first kappa shape index (κ1) is 13.9. The van der Waals surface area contributed by atoms with Crippen LogP contribution in [0.4, 0.5) is 11.4 Å². The highest BCUT2D eigenvalue weighted by Gasteiger charge is 2.06. The number of nitrogens with one attached hydrogen (secondary N) is 1. The van der Waals surface area contributed by atoms with Gasteiger partial charge in [-0.1, -0.05) is 0 Å². The van der Waals surface area contributed by atoms with Gasteiger partial charge >= 0.3 is 0 Å². The molecule has 0 aliphatic heterocycles. The normalized spacial score (nSPS) is 11.0. The summed E-state index contributed by atoms with van der Waals surface area (Å²) in [5, 5.41) is 8.54. The topological polar surface area (TPSA) is 68.8 Å². The summed E-state index contributed by atoms with van der Waals surface area (Å²) in [5.41, 5.74) is 9.85. The van der Waals surface area contributed by atoms with Crippen molar-refractivity contribution in [2.75, 3.05) is 17.6 Å². The van der Waals surface area contributed by atoms with Crippen LogP contribution in [0.1, 0.15) is 5.56 Å². The number of aryl methyl sites for hydroxylation is 1. The van der Waals surface area contributed by atoms with E-state index in [0.29, 0.717) is 0 Å². The molecule has 0 fully saturated rings. The summed E-state index contributed by atoms with van der Waals surface area (Å²) in [6.07, 6.45) is 6.61. The molecule has 0 aliphatic carbocycles. The van der Waals surface area contributed by atoms with Gasteiger partial charge in [-0.05, 0) is 46.1 Å². The second kappa shape index (κ2) is 5.73. The Labute approximate surface area is 131 Å². The molecule has 0 radical (unpaired) electrons. The molecule has 5 nitrogen and oxygen atoms in total. The summed E-state index contributed by atoms with van der Waals surface area (Å²) < 4.78 is 2.74. The Balaban J connectivity index is 1.79. The van der Waals surface area contributed by atoms with Crippen molar-refractivity contribution in [1.29, 1.82) is 0 Å². The monoisotopic (exact) mass is 345 g/mol. The Morgan fingerprint density at radius 1 is 1.33 bits per heavy atom. The maximum atomic E-state index is 6.02. The molecule has 3 N–H and O–H groups in total. The molecular formula is C15H16BrN5. The molecule has 21 heavy (non-hydrogen) atoms. The van der Waals surface area contributed by atoms with Gasteiger partial charge in [-0.15, -0.1) is 0 Å². The van der Waals surface area contributed by atoms with Crippen molar-refractivity contribution in [3.8, 4) is 0 Å². The van der Waals surface area contributed by atoms with Crippen molar-refractivity contribution in [3.05, 3.63) is 46.8 Å². The molecule has 1 aromatic carbocycles. The maximum absolute atomic E-state index is 6.02. The molecule has 3 aromatic rings. The Kier molecular flexibility index (Phi) is 3.79. The Bertz CT molecular complexity index is 781. The van der Waals surface area contributed by atoms with Crippen LogP contribution < -0.4 is 11.1 Å². The minimum absolute atomic E-state index is 0.733. The average Bonchev–Trinajstić information content (AvgIpc) is 2.87. The smallest absolute Gasteiger partial charge is 0.0954 e. The van der Waals surface area contributed by atoms with Crippen molar-refractivity contribution in [2.24, 2.45) is 7.05 Å². The first-order chi connectivity index (χ1) is 10.1. The van der Waals surface area contributed by atoms with Crippen LogP contribution in [0.2, 0.25) is 0 Å². The standard InChI is InChI=1S/C15H16BrN5/c1-21-9-10(7-20-21)4-5-18-14-3-2-13(17)12-6-11(16)8-19-15(12)14/h2-3,6-9,18H,4-5,17H2,1H3. The molecule has 108 valence electrons. The zero-order valence-electron chi connectivity index (χ0n) is 11.7. The third kappa shape index (κ3) is 3.00. The molecule has 0 aliphatic rings. The summed E-state index contributed by atoms with van der Waals surface area (Å²) in [5.74, 6) is 0. The van der Waals surface area contributed by atoms with Gasteiger partial charge < -0.3 is 11.1 Å². The zero-order valence-corrected chi connectivity index (χ0v) is 13.3. The first-order valence-electron chi connectivity index (χ1n) is 6.68. The number of nitrogen functional groups attached to an aromatic ring is 1. The first-order valence-corrected chi connectivity index (χ1v) is 7.48. The molecule has 0 amide bonds. The predicted octanol–water partition coefficient (Wildman–Crippen LogP) is 2.97. The number of fused-ring (bicyclic) bond motifs is 1. The van der Waals surface area contributed by atoms with Gasteiger partial charge in [0.15, 0.2) is 0 Å². The second-order valence-corrected chi connectivity index (χ2v) is 5.87. The van der Waals surface area contributed by atoms with Gasteiger partial charge in [-0.25, -0.2) is 0 Å². The van der Waals surface area contributed by atoms with Crippen LogP contribution in [0, 0.1) is 0 Å². The molecule has 6 heteroatoms. The van der Waals surface area contributed by atoms with Gasteiger partial charge in [0, 0.05) is 41.5 Å². The highest BCUT2D eigenvalue weighted by Crippen LogP contribution is 2.28. The highest BCUT2D eigenvalue weighted by atomic mass is 79.9. The van der Waals surface area contributed by atoms with E-state index in [1.165, 1.54) is 5.56 Å². The molecule has 2 heterocycles. The number of nitrogens with two attached hydrogens (primary N) is 1. The fourth-order valence-electron chi connectivity index (χ4n) is 2.30. The van der Waals surface area contributed by atoms with Crippen LogP contribution in [0.25, 0.3) is 10.9 Å². The largest absolute Gasteiger partial charge is 0.398 e. The van der Waals surface area contributed by atoms with Gasteiger partial charge in [0.25, 0.3) is 0 Å². The molecular weight excluding hydrogens is 330 g/mol. The Morgan fingerprint density at radius 3 is 2.95 bits per heavy atom. The van der Waals surface area contributed by atoms with E-state index in [2.05, 4.69) is 31.3 Å². The average molecular weight is 346 g/mol. The lowest BCUT2D eigenvalue weighted by molar-refractivity contribution is 0.767. The summed E-state index contributed by atoms with van der Waals surface area (Å²) in [7, 11) is 1.92. The second-order valence-electron chi connectivity index (χ2n) is 4.95. The molecule has 0 spiro atoms. The van der Waals surface area contributed by atoms with E-state index in [9.17, 15) is 0 Å². The molecule has 0 bridgehead atoms. The van der Waals surface area contributed by atoms with Crippen LogP contribution in [-0.2, 0) is 13.5 Å². The molecule has 3 rings (SSSR count). The number of rotatable bonds is 4. The van der Waals surface area contributed by atoms with E-state index in [1.54, 1.807) is 6.20 Å². The third-order valence-electron chi connectivity index (χ3n) is 3.34. The number of benzene rings is 1. The maximum Gasteiger partial charge on any atom is 0.0954 e. The van der Waals surface area contributed by atoms with E-state index in [1.807, 2.05) is 42.3 Å². The molecule has 0 atom stereocenters. The Morgan fingerprint density at radius 2 is 2.19 bits per heavy atom. The van der Waals surface area contributed by atoms with Gasteiger partial charge in [0.1, 0.15) is 0 Å². The zero-order chi connectivity index (χ0) is 14.8. The molecule has 0 saturated carbocycles. The lowest BCUT2D eigenvalue weighted by Gasteiger charge is -2.10. The summed E-state index contributed by atoms with van der Waals surface area (Å²) in [6.45, 7) is 0.822. The third-order valence-corrected chi connectivity index (χ3v) is 3.77. The summed E-state index contributed by atoms with van der Waals surface area (Å²) >= 11 is 3.43. The number of anilines is 2. The number of pyridine rings is 1. The van der Waals surface area contributed by atoms with Gasteiger partial charge in [0.05, 0.1) is 17.4 Å². The van der Waals surface area contributed by atoms with Crippen LogP contribution in [0.5, 0.6) is 0 Å². The predicted molar refractivity (Wildman–Crippen MR) is 89.3 cm³/mol. The lowest BCUT2D eigenvalue weighted by Crippen LogP contribution is -2.05. The molecule has 2 aromatic heterocycles. The SMILES string of the molecule is Cn1cc(CCNc2ccc(N)c3cc(Br)cnc23)cn1. The summed E-state index contributed by atoms with van der Waals surface area (Å²) in [4.78, 5) is 4.47. The Hall–Kier alpha value is -2.08. The van der Waals surface area contributed by atoms with Crippen molar-refractivity contribution >= 4 is 38.2 Å². The highest BCUT2D eigenvalue weighted by molar-refractivity contribution is 9.10. The lowest BCUT2D eigenvalue weighted by atomic mass is 10.1. The van der Waals surface area contributed by atoms with E-state index in [-0.39, 0.29) is 0 Å². The van der Waals surface area contributed by atoms with Crippen molar-refractivity contribution < 1.29 is 0 Å². The molecule has 0 unspecified atom stereocenters. The fourth-order valence-corrected chi connectivity index (χ4v) is 2.63. The van der Waals surface area contributed by atoms with Gasteiger partial charge in [-0.3, -0.25) is 9.67 Å². The van der Waals surface area contributed by atoms with Crippen LogP contribution in [-0.4, -0.2) is 21.3 Å². The van der Waals surface area contributed by atoms with E-state index in [0.717, 1.165) is 39.7 Å². The number of halogens is 1. The minimum atomic E-state index is 0.733. The summed E-state index contributed by atoms with van der Waals surface area (Å²) in [6, 6.07) is 5.87. The van der Waals surface area contributed by atoms with Crippen LogP contribution >= 0.6 is 15.9 Å². The fraction of sp³-hybridized carbons (Fsp3) is 0.200. The van der Waals surface area contributed by atoms with Crippen molar-refractivity contribution in [3.63, 3.8) is 0 Å². The minimum Gasteiger partial charge on any atom is -0.398 e. The van der Waals surface area contributed by atoms with E-state index in [4.69, 9.17) is 5.73 Å². The number of hydrogen-bond donors (Lipinski definition) is 2. The van der Waals surface area contributed by atoms with Crippen LogP contribution in [0.15, 0.2) is 41.3 Å². The van der Waals surface area contributed by atoms with Crippen molar-refractivity contribution in [1.82, 2.24) is 14.8 Å². The van der Waals surface area contributed by atoms with Crippen LogP contribution in [0.3, 0.4) is 0 Å². The number of nitrogens with zero attached hydrogens (tertiary/aromatic N) is 3. The van der Waals surface area contributed by atoms with E-state index >= 15 is 0 Å². The number of hydrogen-bond acceptors (Lipinski definition) is 4. The van der Waals surface area contributed by atoms with Crippen molar-refractivity contribution in [2.45, 2.75) is 6.42 Å².